The normalized spacial score (nSPS) is 16.5. The van der Waals surface area contributed by atoms with E-state index in [2.05, 4.69) is 19.2 Å². The summed E-state index contributed by atoms with van der Waals surface area (Å²) in [6.45, 7) is 7.86. The number of hydrogen-bond acceptors (Lipinski definition) is 1. The Morgan fingerprint density at radius 1 is 0.938 bits per heavy atom. The second-order valence-corrected chi connectivity index (χ2v) is 5.11. The quantitative estimate of drug-likeness (QED) is 0.704. The molecule has 98 valence electrons. The SMILES string of the molecule is CC(C)CCCC(C)NC(C)CC(F)(F)F. The maximum Gasteiger partial charge on any atom is 0.390 e. The summed E-state index contributed by atoms with van der Waals surface area (Å²) in [6.07, 6.45) is -1.66. The van der Waals surface area contributed by atoms with Gasteiger partial charge in [0.15, 0.2) is 0 Å². The van der Waals surface area contributed by atoms with Crippen LogP contribution in [0.4, 0.5) is 13.2 Å². The van der Waals surface area contributed by atoms with Gasteiger partial charge in [-0.3, -0.25) is 0 Å². The molecule has 4 heteroatoms. The molecule has 1 N–H and O–H groups in total. The Morgan fingerprint density at radius 3 is 1.94 bits per heavy atom. The first kappa shape index (κ1) is 15.8. The Bertz CT molecular complexity index is 178. The van der Waals surface area contributed by atoms with Crippen molar-refractivity contribution in [1.82, 2.24) is 5.32 Å². The van der Waals surface area contributed by atoms with Crippen LogP contribution in [0.1, 0.15) is 53.4 Å². The molecule has 0 heterocycles. The highest BCUT2D eigenvalue weighted by Crippen LogP contribution is 2.21. The molecule has 2 atom stereocenters. The molecule has 16 heavy (non-hydrogen) atoms. The zero-order chi connectivity index (χ0) is 12.8. The van der Waals surface area contributed by atoms with Gasteiger partial charge in [-0.2, -0.15) is 13.2 Å². The Labute approximate surface area is 96.8 Å². The smallest absolute Gasteiger partial charge is 0.311 e. The van der Waals surface area contributed by atoms with E-state index in [1.165, 1.54) is 0 Å². The fourth-order valence-electron chi connectivity index (χ4n) is 1.81. The van der Waals surface area contributed by atoms with Gasteiger partial charge in [-0.25, -0.2) is 0 Å². The minimum atomic E-state index is -4.07. The molecule has 2 unspecified atom stereocenters. The van der Waals surface area contributed by atoms with Crippen molar-refractivity contribution in [1.29, 1.82) is 0 Å². The summed E-state index contributed by atoms with van der Waals surface area (Å²) in [4.78, 5) is 0. The highest BCUT2D eigenvalue weighted by molar-refractivity contribution is 4.70. The van der Waals surface area contributed by atoms with Gasteiger partial charge >= 0.3 is 6.18 Å². The van der Waals surface area contributed by atoms with Crippen LogP contribution in [0.2, 0.25) is 0 Å². The lowest BCUT2D eigenvalue weighted by Crippen LogP contribution is -2.37. The Morgan fingerprint density at radius 2 is 1.50 bits per heavy atom. The van der Waals surface area contributed by atoms with Crippen LogP contribution in [-0.4, -0.2) is 18.3 Å². The van der Waals surface area contributed by atoms with E-state index >= 15 is 0 Å². The largest absolute Gasteiger partial charge is 0.390 e. The Hall–Kier alpha value is -0.250. The van der Waals surface area contributed by atoms with Gasteiger partial charge in [0, 0.05) is 12.1 Å². The van der Waals surface area contributed by atoms with E-state index in [0.717, 1.165) is 19.3 Å². The summed E-state index contributed by atoms with van der Waals surface area (Å²) < 4.78 is 36.2. The van der Waals surface area contributed by atoms with Crippen molar-refractivity contribution in [3.8, 4) is 0 Å². The third-order valence-corrected chi connectivity index (χ3v) is 2.53. The third kappa shape index (κ3) is 10.3. The molecule has 0 bridgehead atoms. The molecule has 0 aromatic heterocycles. The standard InChI is InChI=1S/C12H24F3N/c1-9(2)6-5-7-10(3)16-11(4)8-12(13,14)15/h9-11,16H,5-8H2,1-4H3. The highest BCUT2D eigenvalue weighted by atomic mass is 19.4. The number of alkyl halides is 3. The molecule has 0 aromatic rings. The predicted molar refractivity (Wildman–Crippen MR) is 61.4 cm³/mol. The van der Waals surface area contributed by atoms with Crippen LogP contribution in [0.5, 0.6) is 0 Å². The van der Waals surface area contributed by atoms with E-state index in [9.17, 15) is 13.2 Å². The van der Waals surface area contributed by atoms with Crippen LogP contribution in [0.25, 0.3) is 0 Å². The summed E-state index contributed by atoms with van der Waals surface area (Å²) in [5.41, 5.74) is 0. The summed E-state index contributed by atoms with van der Waals surface area (Å²) in [7, 11) is 0. The van der Waals surface area contributed by atoms with Crippen LogP contribution in [0, 0.1) is 5.92 Å². The first-order valence-electron chi connectivity index (χ1n) is 6.03. The number of hydrogen-bond donors (Lipinski definition) is 1. The molecule has 0 spiro atoms. The Balaban J connectivity index is 3.66. The summed E-state index contributed by atoms with van der Waals surface area (Å²) in [5, 5.41) is 2.99. The van der Waals surface area contributed by atoms with Gasteiger partial charge in [-0.05, 0) is 26.2 Å². The molecule has 0 aromatic carbocycles. The van der Waals surface area contributed by atoms with E-state index in [0.29, 0.717) is 5.92 Å². The van der Waals surface area contributed by atoms with Crippen molar-refractivity contribution in [2.45, 2.75) is 71.6 Å². The molecule has 0 aliphatic heterocycles. The molecule has 0 saturated carbocycles. The van der Waals surface area contributed by atoms with Crippen molar-refractivity contribution < 1.29 is 13.2 Å². The van der Waals surface area contributed by atoms with Gasteiger partial charge in [-0.1, -0.05) is 26.7 Å². The van der Waals surface area contributed by atoms with Gasteiger partial charge in [0.25, 0.3) is 0 Å². The maximum absolute atomic E-state index is 12.1. The summed E-state index contributed by atoms with van der Waals surface area (Å²) in [5.74, 6) is 0.666. The lowest BCUT2D eigenvalue weighted by atomic mass is 10.0. The number of halogens is 3. The first-order valence-corrected chi connectivity index (χ1v) is 6.03. The van der Waals surface area contributed by atoms with Gasteiger partial charge in [0.2, 0.25) is 0 Å². The topological polar surface area (TPSA) is 12.0 Å². The van der Waals surface area contributed by atoms with Gasteiger partial charge in [0.1, 0.15) is 0 Å². The maximum atomic E-state index is 12.1. The number of nitrogens with one attached hydrogen (secondary N) is 1. The average molecular weight is 239 g/mol. The first-order chi connectivity index (χ1) is 7.20. The summed E-state index contributed by atoms with van der Waals surface area (Å²) in [6, 6.07) is -0.329. The van der Waals surface area contributed by atoms with Crippen LogP contribution < -0.4 is 5.32 Å². The van der Waals surface area contributed by atoms with Crippen LogP contribution >= 0.6 is 0 Å². The molecular formula is C12H24F3N. The molecule has 0 fully saturated rings. The van der Waals surface area contributed by atoms with Crippen molar-refractivity contribution in [2.75, 3.05) is 0 Å². The van der Waals surface area contributed by atoms with Crippen LogP contribution in [0.3, 0.4) is 0 Å². The second kappa shape index (κ2) is 7.15. The van der Waals surface area contributed by atoms with Crippen molar-refractivity contribution in [3.63, 3.8) is 0 Å². The lowest BCUT2D eigenvalue weighted by Gasteiger charge is -2.21. The zero-order valence-electron chi connectivity index (χ0n) is 10.7. The molecule has 0 radical (unpaired) electrons. The van der Waals surface area contributed by atoms with Crippen LogP contribution in [-0.2, 0) is 0 Å². The van der Waals surface area contributed by atoms with E-state index in [1.54, 1.807) is 6.92 Å². The van der Waals surface area contributed by atoms with Crippen molar-refractivity contribution in [2.24, 2.45) is 5.92 Å². The zero-order valence-corrected chi connectivity index (χ0v) is 10.7. The van der Waals surface area contributed by atoms with E-state index in [1.807, 2.05) is 6.92 Å². The Kier molecular flexibility index (Phi) is 7.04. The molecule has 1 nitrogen and oxygen atoms in total. The summed E-state index contributed by atoms with van der Waals surface area (Å²) >= 11 is 0. The minimum Gasteiger partial charge on any atom is -0.311 e. The minimum absolute atomic E-state index is 0.163. The van der Waals surface area contributed by atoms with Gasteiger partial charge < -0.3 is 5.32 Å². The van der Waals surface area contributed by atoms with E-state index in [4.69, 9.17) is 0 Å². The van der Waals surface area contributed by atoms with E-state index in [-0.39, 0.29) is 6.04 Å². The molecule has 0 rings (SSSR count). The molecule has 0 aliphatic carbocycles. The molecule has 0 aliphatic rings. The second-order valence-electron chi connectivity index (χ2n) is 5.11. The average Bonchev–Trinajstić information content (AvgIpc) is 1.98. The fraction of sp³-hybridized carbons (Fsp3) is 1.00. The third-order valence-electron chi connectivity index (χ3n) is 2.53. The van der Waals surface area contributed by atoms with Crippen LogP contribution in [0.15, 0.2) is 0 Å². The molecule has 0 saturated heterocycles. The molecular weight excluding hydrogens is 215 g/mol. The van der Waals surface area contributed by atoms with Gasteiger partial charge in [-0.15, -0.1) is 0 Å². The van der Waals surface area contributed by atoms with E-state index < -0.39 is 18.6 Å². The predicted octanol–water partition coefficient (Wildman–Crippen LogP) is 4.13. The lowest BCUT2D eigenvalue weighted by molar-refractivity contribution is -0.139. The highest BCUT2D eigenvalue weighted by Gasteiger charge is 2.30. The van der Waals surface area contributed by atoms with Gasteiger partial charge in [0.05, 0.1) is 6.42 Å². The van der Waals surface area contributed by atoms with Crippen molar-refractivity contribution >= 4 is 0 Å². The fourth-order valence-corrected chi connectivity index (χ4v) is 1.81. The molecule has 0 amide bonds. The van der Waals surface area contributed by atoms with Crippen molar-refractivity contribution in [3.05, 3.63) is 0 Å². The monoisotopic (exact) mass is 239 g/mol. The number of rotatable bonds is 7.